The van der Waals surface area contributed by atoms with E-state index in [1.807, 2.05) is 0 Å². The highest BCUT2D eigenvalue weighted by atomic mass is 19.2. The summed E-state index contributed by atoms with van der Waals surface area (Å²) in [4.78, 5) is 0. The molecule has 0 bridgehead atoms. The molecule has 0 aliphatic heterocycles. The molecule has 0 aliphatic rings. The average molecular weight is 203 g/mol. The molecule has 2 heteroatoms. The predicted molar refractivity (Wildman–Crippen MR) is 56.3 cm³/mol. The molecule has 0 aromatic heterocycles. The predicted octanol–water partition coefficient (Wildman–Crippen LogP) is 3.81. The molecule has 2 aromatic rings. The number of hydrogen-bond donors (Lipinski definition) is 0. The molecule has 15 heavy (non-hydrogen) atoms. The lowest BCUT2D eigenvalue weighted by Gasteiger charge is -2.04. The van der Waals surface area contributed by atoms with E-state index in [9.17, 15) is 8.78 Å². The first-order valence-corrected chi connectivity index (χ1v) is 4.55. The van der Waals surface area contributed by atoms with Crippen molar-refractivity contribution >= 4 is 0 Å². The lowest BCUT2D eigenvalue weighted by atomic mass is 10.0. The van der Waals surface area contributed by atoms with E-state index in [-0.39, 0.29) is 5.56 Å². The second kappa shape index (κ2) is 3.81. The molecular weight excluding hydrogens is 194 g/mol. The van der Waals surface area contributed by atoms with E-state index in [1.165, 1.54) is 6.07 Å². The second-order valence-electron chi connectivity index (χ2n) is 3.30. The van der Waals surface area contributed by atoms with Crippen molar-refractivity contribution < 1.29 is 8.78 Å². The summed E-state index contributed by atoms with van der Waals surface area (Å²) in [7, 11) is 0. The fourth-order valence-electron chi connectivity index (χ4n) is 1.41. The van der Waals surface area contributed by atoms with Crippen LogP contribution in [0.4, 0.5) is 8.78 Å². The van der Waals surface area contributed by atoms with Crippen LogP contribution in [0.15, 0.2) is 42.5 Å². The minimum atomic E-state index is -0.828. The summed E-state index contributed by atoms with van der Waals surface area (Å²) in [5, 5.41) is 0. The van der Waals surface area contributed by atoms with Crippen LogP contribution in [0.25, 0.3) is 11.1 Å². The van der Waals surface area contributed by atoms with Gasteiger partial charge in [0.15, 0.2) is 11.6 Å². The van der Waals surface area contributed by atoms with Crippen molar-refractivity contribution in [3.63, 3.8) is 0 Å². The molecule has 0 heterocycles. The first kappa shape index (κ1) is 9.84. The monoisotopic (exact) mass is 203 g/mol. The summed E-state index contributed by atoms with van der Waals surface area (Å²) < 4.78 is 26.4. The Bertz CT molecular complexity index is 472. The zero-order valence-corrected chi connectivity index (χ0v) is 8.00. The molecule has 0 nitrogen and oxygen atoms in total. The third-order valence-electron chi connectivity index (χ3n) is 2.22. The number of benzene rings is 2. The largest absolute Gasteiger partial charge is 0.204 e. The van der Waals surface area contributed by atoms with Crippen molar-refractivity contribution in [3.05, 3.63) is 66.6 Å². The van der Waals surface area contributed by atoms with Gasteiger partial charge in [0.1, 0.15) is 0 Å². The number of rotatable bonds is 1. The third-order valence-corrected chi connectivity index (χ3v) is 2.22. The molecule has 2 aromatic carbocycles. The van der Waals surface area contributed by atoms with E-state index in [0.29, 0.717) is 5.56 Å². The van der Waals surface area contributed by atoms with Gasteiger partial charge in [0.05, 0.1) is 0 Å². The van der Waals surface area contributed by atoms with Gasteiger partial charge < -0.3 is 0 Å². The lowest BCUT2D eigenvalue weighted by Crippen LogP contribution is -1.88. The molecule has 0 unspecified atom stereocenters. The third kappa shape index (κ3) is 1.89. The molecule has 0 N–H and O–H groups in total. The number of halogens is 2. The lowest BCUT2D eigenvalue weighted by molar-refractivity contribution is 0.511. The van der Waals surface area contributed by atoms with Gasteiger partial charge in [0, 0.05) is 5.56 Å². The zero-order valence-electron chi connectivity index (χ0n) is 8.00. The van der Waals surface area contributed by atoms with Crippen LogP contribution in [0.1, 0.15) is 5.56 Å². The normalized spacial score (nSPS) is 10.3. The smallest absolute Gasteiger partial charge is 0.166 e. The highest BCUT2D eigenvalue weighted by molar-refractivity contribution is 5.64. The number of hydrogen-bond acceptors (Lipinski definition) is 0. The van der Waals surface area contributed by atoms with E-state index in [0.717, 1.165) is 11.6 Å². The SMILES string of the molecule is [CH2]c1ccc(-c2cccc(F)c2F)cc1. The van der Waals surface area contributed by atoms with Crippen LogP contribution in [0.3, 0.4) is 0 Å². The maximum absolute atomic E-state index is 13.4. The first-order valence-electron chi connectivity index (χ1n) is 4.55. The van der Waals surface area contributed by atoms with Gasteiger partial charge in [0.2, 0.25) is 0 Å². The Morgan fingerprint density at radius 2 is 1.53 bits per heavy atom. The fourth-order valence-corrected chi connectivity index (χ4v) is 1.41. The van der Waals surface area contributed by atoms with Crippen LogP contribution in [-0.4, -0.2) is 0 Å². The van der Waals surface area contributed by atoms with Gasteiger partial charge in [-0.2, -0.15) is 0 Å². The Morgan fingerprint density at radius 1 is 0.867 bits per heavy atom. The molecule has 0 saturated heterocycles. The molecule has 0 atom stereocenters. The Morgan fingerprint density at radius 3 is 2.20 bits per heavy atom. The standard InChI is InChI=1S/C13H9F2/c1-9-5-7-10(8-6-9)11-3-2-4-12(14)13(11)15/h2-8H,1H2. The highest BCUT2D eigenvalue weighted by Gasteiger charge is 2.08. The summed E-state index contributed by atoms with van der Waals surface area (Å²) in [6.07, 6.45) is 0. The highest BCUT2D eigenvalue weighted by Crippen LogP contribution is 2.24. The van der Waals surface area contributed by atoms with Crippen LogP contribution in [0.5, 0.6) is 0 Å². The quantitative estimate of drug-likeness (QED) is 0.661. The molecule has 0 spiro atoms. The molecular formula is C13H9F2. The van der Waals surface area contributed by atoms with E-state index in [2.05, 4.69) is 6.92 Å². The van der Waals surface area contributed by atoms with Crippen LogP contribution in [-0.2, 0) is 0 Å². The van der Waals surface area contributed by atoms with E-state index in [1.54, 1.807) is 30.3 Å². The average Bonchev–Trinajstić information content (AvgIpc) is 2.24. The van der Waals surface area contributed by atoms with Crippen molar-refractivity contribution in [2.45, 2.75) is 0 Å². The Balaban J connectivity index is 2.54. The van der Waals surface area contributed by atoms with Crippen molar-refractivity contribution in [1.82, 2.24) is 0 Å². The first-order chi connectivity index (χ1) is 7.18. The Kier molecular flexibility index (Phi) is 2.50. The maximum Gasteiger partial charge on any atom is 0.166 e. The minimum absolute atomic E-state index is 0.273. The van der Waals surface area contributed by atoms with Crippen LogP contribution >= 0.6 is 0 Å². The van der Waals surface area contributed by atoms with Crippen molar-refractivity contribution in [1.29, 1.82) is 0 Å². The molecule has 2 rings (SSSR count). The summed E-state index contributed by atoms with van der Waals surface area (Å²) in [6, 6.07) is 11.1. The van der Waals surface area contributed by atoms with Gasteiger partial charge in [0.25, 0.3) is 0 Å². The van der Waals surface area contributed by atoms with E-state index < -0.39 is 11.6 Å². The van der Waals surface area contributed by atoms with Gasteiger partial charge in [-0.25, -0.2) is 8.78 Å². The topological polar surface area (TPSA) is 0 Å². The van der Waals surface area contributed by atoms with Gasteiger partial charge in [-0.3, -0.25) is 0 Å². The van der Waals surface area contributed by atoms with Crippen molar-refractivity contribution in [3.8, 4) is 11.1 Å². The van der Waals surface area contributed by atoms with Crippen LogP contribution in [0.2, 0.25) is 0 Å². The molecule has 75 valence electrons. The molecule has 0 saturated carbocycles. The van der Waals surface area contributed by atoms with Gasteiger partial charge in [-0.15, -0.1) is 0 Å². The Hall–Kier alpha value is -1.70. The molecule has 1 radical (unpaired) electrons. The molecule has 0 fully saturated rings. The minimum Gasteiger partial charge on any atom is -0.204 e. The Labute approximate surface area is 87.2 Å². The molecule has 0 aliphatic carbocycles. The maximum atomic E-state index is 13.4. The van der Waals surface area contributed by atoms with Crippen molar-refractivity contribution in [2.75, 3.05) is 0 Å². The molecule has 0 amide bonds. The fraction of sp³-hybridized carbons (Fsp3) is 0. The summed E-state index contributed by atoms with van der Waals surface area (Å²) in [5.41, 5.74) is 1.77. The summed E-state index contributed by atoms with van der Waals surface area (Å²) in [5.74, 6) is -1.64. The van der Waals surface area contributed by atoms with Gasteiger partial charge in [-0.05, 0) is 24.1 Å². The van der Waals surface area contributed by atoms with E-state index >= 15 is 0 Å². The van der Waals surface area contributed by atoms with Crippen LogP contribution < -0.4 is 0 Å². The van der Waals surface area contributed by atoms with Gasteiger partial charge >= 0.3 is 0 Å². The van der Waals surface area contributed by atoms with Crippen LogP contribution in [0, 0.1) is 18.6 Å². The zero-order chi connectivity index (χ0) is 10.8. The summed E-state index contributed by atoms with van der Waals surface area (Å²) >= 11 is 0. The van der Waals surface area contributed by atoms with Crippen molar-refractivity contribution in [2.24, 2.45) is 0 Å². The van der Waals surface area contributed by atoms with Gasteiger partial charge in [-0.1, -0.05) is 36.4 Å². The van der Waals surface area contributed by atoms with E-state index in [4.69, 9.17) is 0 Å². The summed E-state index contributed by atoms with van der Waals surface area (Å²) in [6.45, 7) is 3.73. The second-order valence-corrected chi connectivity index (χ2v) is 3.30.